The fraction of sp³-hybridized carbons (Fsp3) is 0.769. The van der Waals surface area contributed by atoms with Gasteiger partial charge in [0.1, 0.15) is 0 Å². The van der Waals surface area contributed by atoms with E-state index in [0.29, 0.717) is 11.9 Å². The average Bonchev–Trinajstić information content (AvgIpc) is 2.48. The maximum absolute atomic E-state index is 5.83. The Morgan fingerprint density at radius 2 is 2.05 bits per heavy atom. The summed E-state index contributed by atoms with van der Waals surface area (Å²) < 4.78 is 5.44. The number of hydrogen-bond donors (Lipinski definition) is 1. The van der Waals surface area contributed by atoms with Gasteiger partial charge in [-0.2, -0.15) is 15.0 Å². The highest BCUT2D eigenvalue weighted by Gasteiger charge is 2.22. The summed E-state index contributed by atoms with van der Waals surface area (Å²) >= 11 is 0. The van der Waals surface area contributed by atoms with Crippen LogP contribution in [0.25, 0.3) is 0 Å². The zero-order chi connectivity index (χ0) is 14.5. The number of aromatic nitrogens is 3. The Bertz CT molecular complexity index is 437. The van der Waals surface area contributed by atoms with E-state index in [9.17, 15) is 0 Å². The van der Waals surface area contributed by atoms with Gasteiger partial charge in [0, 0.05) is 33.3 Å². The Hall–Kier alpha value is -1.63. The Morgan fingerprint density at radius 1 is 1.30 bits per heavy atom. The van der Waals surface area contributed by atoms with E-state index in [4.69, 9.17) is 10.5 Å². The molecule has 0 aromatic carbocycles. The van der Waals surface area contributed by atoms with E-state index in [-0.39, 0.29) is 12.1 Å². The number of ether oxygens (including phenoxy) is 1. The molecule has 0 aliphatic carbocycles. The van der Waals surface area contributed by atoms with Crippen LogP contribution in [0.1, 0.15) is 26.7 Å². The van der Waals surface area contributed by atoms with Crippen LogP contribution in [-0.4, -0.2) is 54.3 Å². The van der Waals surface area contributed by atoms with Crippen molar-refractivity contribution in [1.82, 2.24) is 15.0 Å². The van der Waals surface area contributed by atoms with Crippen LogP contribution in [0.15, 0.2) is 0 Å². The maximum Gasteiger partial charge on any atom is 0.232 e. The number of piperidine rings is 1. The third-order valence-corrected chi connectivity index (χ3v) is 3.67. The molecular formula is C13H24N6O. The Balaban J connectivity index is 2.22. The van der Waals surface area contributed by atoms with E-state index in [1.807, 2.05) is 0 Å². The van der Waals surface area contributed by atoms with Gasteiger partial charge in [0.25, 0.3) is 0 Å². The minimum Gasteiger partial charge on any atom is -0.380 e. The number of anilines is 3. The Kier molecular flexibility index (Phi) is 4.94. The normalized spacial score (nSPS) is 19.1. The molecular weight excluding hydrogens is 256 g/mol. The van der Waals surface area contributed by atoms with Crippen molar-refractivity contribution in [2.24, 2.45) is 0 Å². The van der Waals surface area contributed by atoms with Crippen molar-refractivity contribution in [3.05, 3.63) is 0 Å². The predicted molar refractivity (Wildman–Crippen MR) is 80.0 cm³/mol. The first kappa shape index (κ1) is 14.8. The molecule has 1 aliphatic heterocycles. The van der Waals surface area contributed by atoms with Gasteiger partial charge in [0.05, 0.1) is 6.10 Å². The van der Waals surface area contributed by atoms with Crippen molar-refractivity contribution in [2.75, 3.05) is 48.8 Å². The zero-order valence-electron chi connectivity index (χ0n) is 12.5. The minimum atomic E-state index is 0.235. The van der Waals surface area contributed by atoms with Gasteiger partial charge in [0.15, 0.2) is 0 Å². The second kappa shape index (κ2) is 6.69. The summed E-state index contributed by atoms with van der Waals surface area (Å²) in [6.45, 7) is 7.58. The van der Waals surface area contributed by atoms with E-state index in [0.717, 1.165) is 39.0 Å². The molecule has 1 aromatic heterocycles. The zero-order valence-corrected chi connectivity index (χ0v) is 12.5. The van der Waals surface area contributed by atoms with E-state index >= 15 is 0 Å². The van der Waals surface area contributed by atoms with E-state index in [1.165, 1.54) is 0 Å². The van der Waals surface area contributed by atoms with Gasteiger partial charge in [-0.25, -0.2) is 0 Å². The van der Waals surface area contributed by atoms with Gasteiger partial charge < -0.3 is 20.3 Å². The molecule has 0 saturated carbocycles. The van der Waals surface area contributed by atoms with Crippen molar-refractivity contribution in [2.45, 2.75) is 32.8 Å². The number of nitrogens with zero attached hydrogens (tertiary/aromatic N) is 5. The second-order valence-electron chi connectivity index (χ2n) is 4.91. The summed E-state index contributed by atoms with van der Waals surface area (Å²) in [5, 5.41) is 0. The molecule has 2 heterocycles. The first-order valence-corrected chi connectivity index (χ1v) is 7.22. The largest absolute Gasteiger partial charge is 0.380 e. The predicted octanol–water partition coefficient (Wildman–Crippen LogP) is 0.915. The van der Waals surface area contributed by atoms with Crippen LogP contribution in [0.3, 0.4) is 0 Å². The van der Waals surface area contributed by atoms with Gasteiger partial charge >= 0.3 is 0 Å². The Labute approximate surface area is 120 Å². The highest BCUT2D eigenvalue weighted by Crippen LogP contribution is 2.20. The van der Waals surface area contributed by atoms with Crippen LogP contribution in [0, 0.1) is 0 Å². The van der Waals surface area contributed by atoms with Crippen molar-refractivity contribution in [1.29, 1.82) is 0 Å². The molecule has 7 heteroatoms. The molecule has 1 fully saturated rings. The van der Waals surface area contributed by atoms with Crippen LogP contribution >= 0.6 is 0 Å². The van der Waals surface area contributed by atoms with Crippen molar-refractivity contribution in [3.8, 4) is 0 Å². The molecule has 20 heavy (non-hydrogen) atoms. The summed E-state index contributed by atoms with van der Waals surface area (Å²) in [4.78, 5) is 17.3. The van der Waals surface area contributed by atoms with Gasteiger partial charge in [-0.05, 0) is 26.7 Å². The van der Waals surface area contributed by atoms with Gasteiger partial charge in [-0.1, -0.05) is 0 Å². The summed E-state index contributed by atoms with van der Waals surface area (Å²) in [5.41, 5.74) is 5.83. The Morgan fingerprint density at radius 3 is 2.70 bits per heavy atom. The lowest BCUT2D eigenvalue weighted by molar-refractivity contribution is 0.0889. The fourth-order valence-corrected chi connectivity index (χ4v) is 2.47. The molecule has 1 unspecified atom stereocenters. The molecule has 1 aliphatic rings. The molecule has 2 N–H and O–H groups in total. The lowest BCUT2D eigenvalue weighted by Crippen LogP contribution is -2.40. The van der Waals surface area contributed by atoms with Gasteiger partial charge in [0.2, 0.25) is 17.8 Å². The highest BCUT2D eigenvalue weighted by molar-refractivity contribution is 5.43. The maximum atomic E-state index is 5.83. The van der Waals surface area contributed by atoms with Gasteiger partial charge in [-0.15, -0.1) is 0 Å². The smallest absolute Gasteiger partial charge is 0.232 e. The number of nitrogen functional groups attached to an aromatic ring is 1. The molecule has 112 valence electrons. The molecule has 1 saturated heterocycles. The molecule has 1 aromatic rings. The van der Waals surface area contributed by atoms with Crippen LogP contribution in [0.4, 0.5) is 17.8 Å². The molecule has 1 atom stereocenters. The molecule has 0 amide bonds. The van der Waals surface area contributed by atoms with Gasteiger partial charge in [-0.3, -0.25) is 0 Å². The molecule has 7 nitrogen and oxygen atoms in total. The fourth-order valence-electron chi connectivity index (χ4n) is 2.47. The second-order valence-corrected chi connectivity index (χ2v) is 4.91. The molecule has 0 spiro atoms. The standard InChI is InChI=1S/C13H24N6O/c1-4-18(5-2)12-15-11(14)16-13(17-12)19-8-6-7-10(9-19)20-3/h10H,4-9H2,1-3H3,(H2,14,15,16,17). The third-order valence-electron chi connectivity index (χ3n) is 3.67. The van der Waals surface area contributed by atoms with Crippen molar-refractivity contribution < 1.29 is 4.74 Å². The summed E-state index contributed by atoms with van der Waals surface area (Å²) in [6.07, 6.45) is 2.39. The van der Waals surface area contributed by atoms with Crippen molar-refractivity contribution >= 4 is 17.8 Å². The van der Waals surface area contributed by atoms with E-state index < -0.39 is 0 Å². The lowest BCUT2D eigenvalue weighted by atomic mass is 10.1. The first-order valence-electron chi connectivity index (χ1n) is 7.22. The summed E-state index contributed by atoms with van der Waals surface area (Å²) in [7, 11) is 1.75. The number of hydrogen-bond acceptors (Lipinski definition) is 7. The number of nitrogens with two attached hydrogens (primary N) is 1. The van der Waals surface area contributed by atoms with Crippen LogP contribution in [-0.2, 0) is 4.74 Å². The highest BCUT2D eigenvalue weighted by atomic mass is 16.5. The van der Waals surface area contributed by atoms with E-state index in [2.05, 4.69) is 38.6 Å². The summed E-state index contributed by atoms with van der Waals surface area (Å²) in [6, 6.07) is 0. The topological polar surface area (TPSA) is 80.4 Å². The van der Waals surface area contributed by atoms with Crippen LogP contribution < -0.4 is 15.5 Å². The molecule has 0 bridgehead atoms. The average molecular weight is 280 g/mol. The van der Waals surface area contributed by atoms with Crippen LogP contribution in [0.5, 0.6) is 0 Å². The summed E-state index contributed by atoms with van der Waals surface area (Å²) in [5.74, 6) is 1.58. The number of rotatable bonds is 5. The molecule has 0 radical (unpaired) electrons. The first-order chi connectivity index (χ1) is 9.67. The molecule has 2 rings (SSSR count). The monoisotopic (exact) mass is 280 g/mol. The van der Waals surface area contributed by atoms with E-state index in [1.54, 1.807) is 7.11 Å². The minimum absolute atomic E-state index is 0.235. The number of methoxy groups -OCH3 is 1. The SMILES string of the molecule is CCN(CC)c1nc(N)nc(N2CCCC(OC)C2)n1. The van der Waals surface area contributed by atoms with Crippen LogP contribution in [0.2, 0.25) is 0 Å². The lowest BCUT2D eigenvalue weighted by Gasteiger charge is -2.32. The van der Waals surface area contributed by atoms with Crippen molar-refractivity contribution in [3.63, 3.8) is 0 Å². The third kappa shape index (κ3) is 3.27. The quantitative estimate of drug-likeness (QED) is 0.858.